The molecule has 22 heavy (non-hydrogen) atoms. The van der Waals surface area contributed by atoms with Crippen LogP contribution in [0.15, 0.2) is 33.5 Å². The molecule has 0 aliphatic rings. The van der Waals surface area contributed by atoms with Crippen molar-refractivity contribution in [1.29, 1.82) is 0 Å². The Morgan fingerprint density at radius 2 is 2.05 bits per heavy atom. The van der Waals surface area contributed by atoms with Gasteiger partial charge in [-0.2, -0.15) is 0 Å². The third-order valence-electron chi connectivity index (χ3n) is 2.73. The van der Waals surface area contributed by atoms with Gasteiger partial charge in [-0.1, -0.05) is 0 Å². The van der Waals surface area contributed by atoms with Gasteiger partial charge < -0.3 is 19.6 Å². The fourth-order valence-electron chi connectivity index (χ4n) is 1.82. The molecule has 0 atom stereocenters. The van der Waals surface area contributed by atoms with E-state index in [1.54, 1.807) is 19.9 Å². The number of fused-ring (bicyclic) bond motifs is 1. The highest BCUT2D eigenvalue weighted by atomic mass is 16.5. The number of carbonyl (C=O) groups excluding carboxylic acids is 1. The van der Waals surface area contributed by atoms with Gasteiger partial charge in [0.05, 0.1) is 0 Å². The van der Waals surface area contributed by atoms with Gasteiger partial charge in [0.2, 0.25) is 0 Å². The first-order valence-corrected chi connectivity index (χ1v) is 6.60. The molecule has 0 radical (unpaired) electrons. The van der Waals surface area contributed by atoms with Crippen LogP contribution < -0.4 is 15.7 Å². The zero-order valence-corrected chi connectivity index (χ0v) is 12.1. The van der Waals surface area contributed by atoms with Crippen molar-refractivity contribution < 1.29 is 23.8 Å². The second-order valence-electron chi connectivity index (χ2n) is 4.96. The molecule has 2 aromatic rings. The summed E-state index contributed by atoms with van der Waals surface area (Å²) in [7, 11) is 0. The van der Waals surface area contributed by atoms with Gasteiger partial charge in [-0.15, -0.1) is 0 Å². The molecule has 7 heteroatoms. The molecule has 0 spiro atoms. The molecule has 0 unspecified atom stereocenters. The van der Waals surface area contributed by atoms with Crippen molar-refractivity contribution in [2.24, 2.45) is 0 Å². The first kappa shape index (κ1) is 15.6. The average molecular weight is 305 g/mol. The molecular weight excluding hydrogens is 290 g/mol. The number of carboxylic acid groups (broad SMARTS) is 1. The Kier molecular flexibility index (Phi) is 4.45. The number of ether oxygens (including phenoxy) is 1. The van der Waals surface area contributed by atoms with Gasteiger partial charge >= 0.3 is 11.6 Å². The van der Waals surface area contributed by atoms with Gasteiger partial charge in [-0.25, -0.2) is 9.59 Å². The van der Waals surface area contributed by atoms with Crippen molar-refractivity contribution in [3.05, 3.63) is 40.2 Å². The molecule has 0 aliphatic heterocycles. The van der Waals surface area contributed by atoms with E-state index in [2.05, 4.69) is 5.32 Å². The summed E-state index contributed by atoms with van der Waals surface area (Å²) >= 11 is 0. The SMILES string of the molecule is CC(C)NC(=O)c1cc2ccc(OCC(=O)O)cc2oc1=O. The van der Waals surface area contributed by atoms with E-state index in [4.69, 9.17) is 14.3 Å². The molecule has 116 valence electrons. The Morgan fingerprint density at radius 3 is 2.68 bits per heavy atom. The van der Waals surface area contributed by atoms with E-state index < -0.39 is 24.1 Å². The highest BCUT2D eigenvalue weighted by Gasteiger charge is 2.14. The first-order chi connectivity index (χ1) is 10.4. The van der Waals surface area contributed by atoms with Crippen LogP contribution in [-0.2, 0) is 4.79 Å². The highest BCUT2D eigenvalue weighted by molar-refractivity contribution is 5.96. The number of rotatable bonds is 5. The number of benzene rings is 1. The normalized spacial score (nSPS) is 10.7. The maximum Gasteiger partial charge on any atom is 0.349 e. The molecule has 0 saturated carbocycles. The number of carbonyl (C=O) groups is 2. The second-order valence-corrected chi connectivity index (χ2v) is 4.96. The van der Waals surface area contributed by atoms with E-state index >= 15 is 0 Å². The van der Waals surface area contributed by atoms with E-state index in [9.17, 15) is 14.4 Å². The fourth-order valence-corrected chi connectivity index (χ4v) is 1.82. The lowest BCUT2D eigenvalue weighted by Gasteiger charge is -2.08. The van der Waals surface area contributed by atoms with Crippen molar-refractivity contribution in [3.8, 4) is 5.75 Å². The predicted octanol–water partition coefficient (Wildman–Crippen LogP) is 1.39. The van der Waals surface area contributed by atoms with Crippen molar-refractivity contribution >= 4 is 22.8 Å². The maximum atomic E-state index is 11.9. The van der Waals surface area contributed by atoms with E-state index in [0.717, 1.165) is 0 Å². The fraction of sp³-hybridized carbons (Fsp3) is 0.267. The lowest BCUT2D eigenvalue weighted by atomic mass is 10.1. The molecule has 1 aromatic heterocycles. The molecular formula is C15H15NO6. The summed E-state index contributed by atoms with van der Waals surface area (Å²) < 4.78 is 10.1. The highest BCUT2D eigenvalue weighted by Crippen LogP contribution is 2.20. The Hall–Kier alpha value is -2.83. The van der Waals surface area contributed by atoms with Gasteiger partial charge in [0.15, 0.2) is 6.61 Å². The molecule has 0 saturated heterocycles. The zero-order chi connectivity index (χ0) is 16.3. The lowest BCUT2D eigenvalue weighted by Crippen LogP contribution is -2.33. The summed E-state index contributed by atoms with van der Waals surface area (Å²) in [4.78, 5) is 34.2. The topological polar surface area (TPSA) is 106 Å². The monoisotopic (exact) mass is 305 g/mol. The lowest BCUT2D eigenvalue weighted by molar-refractivity contribution is -0.139. The van der Waals surface area contributed by atoms with Crippen molar-refractivity contribution in [2.45, 2.75) is 19.9 Å². The van der Waals surface area contributed by atoms with Crippen LogP contribution in [0.1, 0.15) is 24.2 Å². The predicted molar refractivity (Wildman–Crippen MR) is 78.2 cm³/mol. The van der Waals surface area contributed by atoms with Crippen LogP contribution in [0.4, 0.5) is 0 Å². The van der Waals surface area contributed by atoms with Gasteiger partial charge in [0.25, 0.3) is 5.91 Å². The molecule has 0 fully saturated rings. The largest absolute Gasteiger partial charge is 0.482 e. The van der Waals surface area contributed by atoms with E-state index in [1.807, 2.05) is 0 Å². The number of nitrogens with one attached hydrogen (secondary N) is 1. The second kappa shape index (κ2) is 6.30. The Balaban J connectivity index is 2.35. The summed E-state index contributed by atoms with van der Waals surface area (Å²) in [6.07, 6.45) is 0. The summed E-state index contributed by atoms with van der Waals surface area (Å²) in [5, 5.41) is 11.7. The van der Waals surface area contributed by atoms with Crippen LogP contribution in [0.25, 0.3) is 11.0 Å². The van der Waals surface area contributed by atoms with Crippen LogP contribution >= 0.6 is 0 Å². The van der Waals surface area contributed by atoms with Crippen molar-refractivity contribution in [2.75, 3.05) is 6.61 Å². The van der Waals surface area contributed by atoms with Crippen LogP contribution in [0.2, 0.25) is 0 Å². The zero-order valence-electron chi connectivity index (χ0n) is 12.1. The molecule has 2 N–H and O–H groups in total. The molecule has 0 aliphatic carbocycles. The number of hydrogen-bond acceptors (Lipinski definition) is 5. The van der Waals surface area contributed by atoms with Crippen LogP contribution in [0.3, 0.4) is 0 Å². The number of carboxylic acids is 1. The molecule has 1 amide bonds. The molecule has 2 rings (SSSR count). The number of amides is 1. The maximum absolute atomic E-state index is 11.9. The van der Waals surface area contributed by atoms with Crippen LogP contribution in [0, 0.1) is 0 Å². The summed E-state index contributed by atoms with van der Waals surface area (Å²) in [5.74, 6) is -1.35. The van der Waals surface area contributed by atoms with Crippen LogP contribution in [-0.4, -0.2) is 29.6 Å². The minimum Gasteiger partial charge on any atom is -0.482 e. The van der Waals surface area contributed by atoms with Crippen molar-refractivity contribution in [3.63, 3.8) is 0 Å². The first-order valence-electron chi connectivity index (χ1n) is 6.60. The number of aliphatic carboxylic acids is 1. The Morgan fingerprint density at radius 1 is 1.32 bits per heavy atom. The summed E-state index contributed by atoms with van der Waals surface area (Å²) in [5.41, 5.74) is -0.629. The third-order valence-corrected chi connectivity index (χ3v) is 2.73. The smallest absolute Gasteiger partial charge is 0.349 e. The van der Waals surface area contributed by atoms with Crippen LogP contribution in [0.5, 0.6) is 5.75 Å². The molecule has 1 aromatic carbocycles. The van der Waals surface area contributed by atoms with E-state index in [0.29, 0.717) is 5.39 Å². The third kappa shape index (κ3) is 3.63. The Bertz CT molecular complexity index is 777. The van der Waals surface area contributed by atoms with Crippen molar-refractivity contribution in [1.82, 2.24) is 5.32 Å². The molecule has 1 heterocycles. The summed E-state index contributed by atoms with van der Waals surface area (Å²) in [6, 6.07) is 5.86. The van der Waals surface area contributed by atoms with E-state index in [1.165, 1.54) is 18.2 Å². The Labute approximate surface area is 125 Å². The van der Waals surface area contributed by atoms with Gasteiger partial charge in [0, 0.05) is 17.5 Å². The number of hydrogen-bond donors (Lipinski definition) is 2. The molecule has 7 nitrogen and oxygen atoms in total. The molecule has 0 bridgehead atoms. The van der Waals surface area contributed by atoms with E-state index in [-0.39, 0.29) is 22.9 Å². The summed E-state index contributed by atoms with van der Waals surface area (Å²) in [6.45, 7) is 3.07. The quantitative estimate of drug-likeness (QED) is 0.809. The van der Waals surface area contributed by atoms with Gasteiger partial charge in [-0.3, -0.25) is 4.79 Å². The standard InChI is InChI=1S/C15H15NO6/c1-8(2)16-14(19)11-5-9-3-4-10(21-7-13(17)18)6-12(9)22-15(11)20/h3-6,8H,7H2,1-2H3,(H,16,19)(H,17,18). The minimum atomic E-state index is -1.11. The average Bonchev–Trinajstić information content (AvgIpc) is 2.43. The minimum absolute atomic E-state index is 0.0830. The van der Waals surface area contributed by atoms with Gasteiger partial charge in [0.1, 0.15) is 16.9 Å². The van der Waals surface area contributed by atoms with Gasteiger partial charge in [-0.05, 0) is 32.0 Å².